The largest absolute Gasteiger partial charge is 0.361 e. The van der Waals surface area contributed by atoms with Crippen molar-refractivity contribution < 1.29 is 9.53 Å². The monoisotopic (exact) mass is 403 g/mol. The van der Waals surface area contributed by atoms with Gasteiger partial charge in [-0.2, -0.15) is 0 Å². The number of nitrogens with zero attached hydrogens (tertiary/aromatic N) is 3. The highest BCUT2D eigenvalue weighted by atomic mass is 28.3. The van der Waals surface area contributed by atoms with Crippen molar-refractivity contribution in [1.29, 1.82) is 0 Å². The number of ether oxygens (including phenoxy) is 1. The van der Waals surface area contributed by atoms with Gasteiger partial charge in [-0.05, 0) is 30.9 Å². The molecule has 1 aliphatic carbocycles. The lowest BCUT2D eigenvalue weighted by molar-refractivity contribution is 0.0899. The van der Waals surface area contributed by atoms with E-state index in [2.05, 4.69) is 47.2 Å². The molecule has 28 heavy (non-hydrogen) atoms. The number of aromatic nitrogens is 3. The van der Waals surface area contributed by atoms with Crippen LogP contribution in [0.2, 0.25) is 25.7 Å². The summed E-state index contributed by atoms with van der Waals surface area (Å²) in [5.41, 5.74) is 1.51. The number of amides is 2. The molecule has 0 aromatic carbocycles. The molecule has 2 aromatic heterocycles. The summed E-state index contributed by atoms with van der Waals surface area (Å²) in [6, 6.07) is 3.07. The minimum atomic E-state index is -1.09. The van der Waals surface area contributed by atoms with Crippen LogP contribution in [0.1, 0.15) is 32.6 Å². The van der Waals surface area contributed by atoms with Crippen molar-refractivity contribution in [3.05, 3.63) is 18.5 Å². The predicted molar refractivity (Wildman–Crippen MR) is 115 cm³/mol. The van der Waals surface area contributed by atoms with Gasteiger partial charge in [0.2, 0.25) is 0 Å². The number of urea groups is 1. The highest BCUT2D eigenvalue weighted by molar-refractivity contribution is 6.76. The van der Waals surface area contributed by atoms with E-state index in [1.807, 2.05) is 16.8 Å². The number of hydrogen-bond donors (Lipinski definition) is 2. The average Bonchev–Trinajstić information content (AvgIpc) is 3.02. The molecule has 1 saturated carbocycles. The lowest BCUT2D eigenvalue weighted by atomic mass is 9.86. The van der Waals surface area contributed by atoms with Crippen molar-refractivity contribution in [1.82, 2.24) is 19.9 Å². The van der Waals surface area contributed by atoms with Crippen LogP contribution < -0.4 is 10.6 Å². The summed E-state index contributed by atoms with van der Waals surface area (Å²) in [7, 11) is -1.09. The third-order valence-corrected chi connectivity index (χ3v) is 7.06. The molecule has 1 aliphatic rings. The van der Waals surface area contributed by atoms with Gasteiger partial charge in [-0.3, -0.25) is 5.32 Å². The topological polar surface area (TPSA) is 81.1 Å². The van der Waals surface area contributed by atoms with E-state index in [-0.39, 0.29) is 12.1 Å². The van der Waals surface area contributed by atoms with Crippen LogP contribution in [0.15, 0.2) is 18.5 Å². The fourth-order valence-electron chi connectivity index (χ4n) is 3.52. The van der Waals surface area contributed by atoms with Gasteiger partial charge in [0, 0.05) is 26.9 Å². The molecule has 1 fully saturated rings. The first-order valence-corrected chi connectivity index (χ1v) is 14.0. The van der Waals surface area contributed by atoms with E-state index in [0.717, 1.165) is 30.2 Å². The van der Waals surface area contributed by atoms with Crippen molar-refractivity contribution >= 4 is 31.1 Å². The van der Waals surface area contributed by atoms with E-state index < -0.39 is 8.07 Å². The number of rotatable bonds is 7. The Morgan fingerprint density at radius 3 is 2.86 bits per heavy atom. The van der Waals surface area contributed by atoms with Gasteiger partial charge in [0.15, 0.2) is 11.5 Å². The highest BCUT2D eigenvalue weighted by Gasteiger charge is 2.23. The Hall–Kier alpha value is -1.93. The van der Waals surface area contributed by atoms with Gasteiger partial charge in [0.1, 0.15) is 12.2 Å². The molecule has 3 rings (SSSR count). The SMILES string of the molecule is CC1CCCCC1NC(=O)Nc1cnc2c(ccn2COCC[Si](C)(C)C)n1. The second kappa shape index (κ2) is 9.04. The summed E-state index contributed by atoms with van der Waals surface area (Å²) < 4.78 is 7.75. The van der Waals surface area contributed by atoms with Crippen molar-refractivity contribution in [2.24, 2.45) is 5.92 Å². The Morgan fingerprint density at radius 2 is 2.11 bits per heavy atom. The number of carbonyl (C=O) groups is 1. The Morgan fingerprint density at radius 1 is 1.32 bits per heavy atom. The van der Waals surface area contributed by atoms with Crippen LogP contribution in [-0.2, 0) is 11.5 Å². The molecule has 2 heterocycles. The molecule has 2 amide bonds. The molecule has 2 aromatic rings. The van der Waals surface area contributed by atoms with E-state index in [1.54, 1.807) is 6.20 Å². The third kappa shape index (κ3) is 5.78. The number of anilines is 1. The molecule has 0 spiro atoms. The maximum absolute atomic E-state index is 12.3. The lowest BCUT2D eigenvalue weighted by Gasteiger charge is -2.29. The first kappa shape index (κ1) is 20.8. The second-order valence-electron chi connectivity index (χ2n) is 9.06. The number of hydrogen-bond acceptors (Lipinski definition) is 4. The molecule has 0 aliphatic heterocycles. The number of carbonyl (C=O) groups excluding carboxylic acids is 1. The summed E-state index contributed by atoms with van der Waals surface area (Å²) >= 11 is 0. The van der Waals surface area contributed by atoms with E-state index in [1.165, 1.54) is 19.3 Å². The summed E-state index contributed by atoms with van der Waals surface area (Å²) in [6.07, 6.45) is 8.16. The van der Waals surface area contributed by atoms with Crippen molar-refractivity contribution in [2.75, 3.05) is 11.9 Å². The molecule has 8 heteroatoms. The Balaban J connectivity index is 1.55. The van der Waals surface area contributed by atoms with Crippen LogP contribution >= 0.6 is 0 Å². The molecule has 2 N–H and O–H groups in total. The van der Waals surface area contributed by atoms with Crippen LogP contribution in [0.4, 0.5) is 10.6 Å². The van der Waals surface area contributed by atoms with E-state index in [0.29, 0.717) is 18.5 Å². The quantitative estimate of drug-likeness (QED) is 0.529. The molecule has 2 atom stereocenters. The Kier molecular flexibility index (Phi) is 6.72. The van der Waals surface area contributed by atoms with Gasteiger partial charge in [-0.1, -0.05) is 39.4 Å². The van der Waals surface area contributed by atoms with Gasteiger partial charge in [0.05, 0.1) is 6.20 Å². The minimum absolute atomic E-state index is 0.207. The maximum atomic E-state index is 12.3. The van der Waals surface area contributed by atoms with Crippen molar-refractivity contribution in [3.63, 3.8) is 0 Å². The molecule has 0 radical (unpaired) electrons. The third-order valence-electron chi connectivity index (χ3n) is 5.36. The zero-order chi connectivity index (χ0) is 20.1. The highest BCUT2D eigenvalue weighted by Crippen LogP contribution is 2.23. The molecule has 0 saturated heterocycles. The van der Waals surface area contributed by atoms with E-state index in [9.17, 15) is 4.79 Å². The Labute approximate surface area is 168 Å². The van der Waals surface area contributed by atoms with Gasteiger partial charge in [0.25, 0.3) is 0 Å². The van der Waals surface area contributed by atoms with Crippen molar-refractivity contribution in [3.8, 4) is 0 Å². The normalized spacial score (nSPS) is 20.3. The molecular formula is C20H33N5O2Si. The number of fused-ring (bicyclic) bond motifs is 1. The Bertz CT molecular complexity index is 801. The second-order valence-corrected chi connectivity index (χ2v) is 14.7. The lowest BCUT2D eigenvalue weighted by Crippen LogP contribution is -2.43. The minimum Gasteiger partial charge on any atom is -0.361 e. The fraction of sp³-hybridized carbons (Fsp3) is 0.650. The van der Waals surface area contributed by atoms with Crippen LogP contribution in [0.25, 0.3) is 11.2 Å². The van der Waals surface area contributed by atoms with Crippen LogP contribution in [0, 0.1) is 5.92 Å². The molecular weight excluding hydrogens is 370 g/mol. The van der Waals surface area contributed by atoms with Crippen LogP contribution in [0.5, 0.6) is 0 Å². The summed E-state index contributed by atoms with van der Waals surface area (Å²) in [6.45, 7) is 10.5. The zero-order valence-electron chi connectivity index (χ0n) is 17.5. The molecule has 0 bridgehead atoms. The zero-order valence-corrected chi connectivity index (χ0v) is 18.5. The van der Waals surface area contributed by atoms with Gasteiger partial charge in [-0.25, -0.2) is 14.8 Å². The number of nitrogens with one attached hydrogen (secondary N) is 2. The van der Waals surface area contributed by atoms with Gasteiger partial charge >= 0.3 is 6.03 Å². The maximum Gasteiger partial charge on any atom is 0.320 e. The first-order valence-electron chi connectivity index (χ1n) is 10.3. The fourth-order valence-corrected chi connectivity index (χ4v) is 4.28. The van der Waals surface area contributed by atoms with Crippen LogP contribution in [0.3, 0.4) is 0 Å². The van der Waals surface area contributed by atoms with Crippen LogP contribution in [-0.4, -0.2) is 41.3 Å². The average molecular weight is 404 g/mol. The summed E-state index contributed by atoms with van der Waals surface area (Å²) in [4.78, 5) is 21.3. The van der Waals surface area contributed by atoms with Crippen molar-refractivity contribution in [2.45, 2.75) is 71.1 Å². The summed E-state index contributed by atoms with van der Waals surface area (Å²) in [5.74, 6) is 0.980. The van der Waals surface area contributed by atoms with Gasteiger partial charge in [-0.15, -0.1) is 0 Å². The first-order chi connectivity index (χ1) is 13.3. The predicted octanol–water partition coefficient (Wildman–Crippen LogP) is 4.44. The smallest absolute Gasteiger partial charge is 0.320 e. The summed E-state index contributed by atoms with van der Waals surface area (Å²) in [5, 5.41) is 5.90. The molecule has 154 valence electrons. The molecule has 2 unspecified atom stereocenters. The molecule has 7 nitrogen and oxygen atoms in total. The van der Waals surface area contributed by atoms with Gasteiger partial charge < -0.3 is 14.6 Å². The van der Waals surface area contributed by atoms with E-state index >= 15 is 0 Å². The standard InChI is InChI=1S/C20H33N5O2Si/c1-15-7-5-6-8-16(15)23-20(26)24-18-13-21-19-17(22-18)9-10-25(19)14-27-11-12-28(2,3)4/h9-10,13,15-16H,5-8,11-12,14H2,1-4H3,(H2,22,23,24,26). The van der Waals surface area contributed by atoms with E-state index in [4.69, 9.17) is 4.74 Å².